The van der Waals surface area contributed by atoms with Gasteiger partial charge < -0.3 is 15.7 Å². The molecule has 0 radical (unpaired) electrons. The van der Waals surface area contributed by atoms with Gasteiger partial charge in [-0.15, -0.1) is 11.3 Å². The highest BCUT2D eigenvalue weighted by atomic mass is 32.1. The van der Waals surface area contributed by atoms with Gasteiger partial charge in [-0.1, -0.05) is 26.0 Å². The van der Waals surface area contributed by atoms with Crippen LogP contribution in [0, 0.1) is 11.3 Å². The molecule has 25 heavy (non-hydrogen) atoms. The zero-order valence-corrected chi connectivity index (χ0v) is 15.7. The SMILES string of the molecule is CCC(CC)(Cc1nc2ccccc2s1)C(=O)NCC1CNCC1O. The Morgan fingerprint density at radius 2 is 2.12 bits per heavy atom. The summed E-state index contributed by atoms with van der Waals surface area (Å²) in [6, 6.07) is 8.10. The van der Waals surface area contributed by atoms with E-state index in [0.29, 0.717) is 19.5 Å². The number of amides is 1. The van der Waals surface area contributed by atoms with Gasteiger partial charge in [0.1, 0.15) is 0 Å². The van der Waals surface area contributed by atoms with Crippen molar-refractivity contribution in [3.8, 4) is 0 Å². The lowest BCUT2D eigenvalue weighted by Gasteiger charge is -2.30. The van der Waals surface area contributed by atoms with Crippen LogP contribution in [-0.2, 0) is 11.2 Å². The van der Waals surface area contributed by atoms with Gasteiger partial charge in [0.05, 0.1) is 26.7 Å². The highest BCUT2D eigenvalue weighted by Gasteiger charge is 2.37. The maximum atomic E-state index is 13.0. The standard InChI is InChI=1S/C19H27N3O2S/c1-3-19(4-2,18(24)21-11-13-10-20-12-15(13)23)9-17-22-14-7-5-6-8-16(14)25-17/h5-8,13,15,20,23H,3-4,9-12H2,1-2H3,(H,21,24). The number of hydrogen-bond acceptors (Lipinski definition) is 5. The number of rotatable bonds is 7. The maximum absolute atomic E-state index is 13.0. The number of aromatic nitrogens is 1. The van der Waals surface area contributed by atoms with Gasteiger partial charge in [0.15, 0.2) is 0 Å². The lowest BCUT2D eigenvalue weighted by Crippen LogP contribution is -2.45. The number of carbonyl (C=O) groups excluding carboxylic acids is 1. The molecule has 1 aliphatic heterocycles. The normalized spacial score (nSPS) is 20.9. The first-order valence-corrected chi connectivity index (χ1v) is 9.91. The first-order chi connectivity index (χ1) is 12.1. The second-order valence-corrected chi connectivity index (χ2v) is 8.05. The molecule has 2 unspecified atom stereocenters. The number of aliphatic hydroxyl groups excluding tert-OH is 1. The first kappa shape index (κ1) is 18.3. The Bertz CT molecular complexity index is 693. The lowest BCUT2D eigenvalue weighted by molar-refractivity contribution is -0.131. The Kier molecular flexibility index (Phi) is 5.71. The van der Waals surface area contributed by atoms with Crippen LogP contribution >= 0.6 is 11.3 Å². The monoisotopic (exact) mass is 361 g/mol. The summed E-state index contributed by atoms with van der Waals surface area (Å²) in [5.41, 5.74) is 0.564. The number of nitrogens with one attached hydrogen (secondary N) is 2. The molecule has 0 aliphatic carbocycles. The zero-order valence-electron chi connectivity index (χ0n) is 14.9. The van der Waals surface area contributed by atoms with Gasteiger partial charge in [-0.2, -0.15) is 0 Å². The van der Waals surface area contributed by atoms with Gasteiger partial charge in [-0.05, 0) is 25.0 Å². The third kappa shape index (κ3) is 3.86. The molecule has 2 aromatic rings. The number of hydrogen-bond donors (Lipinski definition) is 3. The fourth-order valence-corrected chi connectivity index (χ4v) is 4.64. The van der Waals surface area contributed by atoms with Crippen molar-refractivity contribution in [1.29, 1.82) is 0 Å². The van der Waals surface area contributed by atoms with Crippen LogP contribution in [0.3, 0.4) is 0 Å². The molecule has 0 bridgehead atoms. The van der Waals surface area contributed by atoms with Crippen molar-refractivity contribution < 1.29 is 9.90 Å². The second kappa shape index (κ2) is 7.81. The summed E-state index contributed by atoms with van der Waals surface area (Å²) in [6.45, 7) is 6.03. The van der Waals surface area contributed by atoms with Crippen molar-refractivity contribution in [2.45, 2.75) is 39.2 Å². The molecule has 1 aromatic heterocycles. The molecule has 5 nitrogen and oxygen atoms in total. The van der Waals surface area contributed by atoms with Crippen molar-refractivity contribution in [3.05, 3.63) is 29.3 Å². The Morgan fingerprint density at radius 1 is 1.36 bits per heavy atom. The molecule has 0 saturated carbocycles. The number of aliphatic hydroxyl groups is 1. The van der Waals surface area contributed by atoms with E-state index in [1.165, 1.54) is 4.70 Å². The largest absolute Gasteiger partial charge is 0.391 e. The molecule has 2 heterocycles. The molecule has 1 amide bonds. The summed E-state index contributed by atoms with van der Waals surface area (Å²) in [7, 11) is 0. The van der Waals surface area contributed by atoms with Crippen LogP contribution < -0.4 is 10.6 Å². The van der Waals surface area contributed by atoms with Crippen molar-refractivity contribution in [2.24, 2.45) is 11.3 Å². The predicted octanol–water partition coefficient (Wildman–Crippen LogP) is 2.34. The highest BCUT2D eigenvalue weighted by molar-refractivity contribution is 7.18. The average Bonchev–Trinajstić information content (AvgIpc) is 3.22. The zero-order chi connectivity index (χ0) is 17.9. The number of para-hydroxylation sites is 1. The number of benzene rings is 1. The Balaban J connectivity index is 1.71. The molecule has 0 spiro atoms. The predicted molar refractivity (Wildman–Crippen MR) is 102 cm³/mol. The minimum absolute atomic E-state index is 0.0795. The summed E-state index contributed by atoms with van der Waals surface area (Å²) < 4.78 is 1.17. The third-order valence-electron chi connectivity index (χ3n) is 5.49. The number of carbonyl (C=O) groups is 1. The van der Waals surface area contributed by atoms with E-state index < -0.39 is 5.41 Å². The quantitative estimate of drug-likeness (QED) is 0.708. The van der Waals surface area contributed by atoms with Crippen LogP contribution in [0.25, 0.3) is 10.2 Å². The smallest absolute Gasteiger partial charge is 0.226 e. The van der Waals surface area contributed by atoms with E-state index in [1.54, 1.807) is 11.3 Å². The second-order valence-electron chi connectivity index (χ2n) is 6.94. The third-order valence-corrected chi connectivity index (χ3v) is 6.53. The van der Waals surface area contributed by atoms with Crippen LogP contribution in [0.15, 0.2) is 24.3 Å². The molecule has 6 heteroatoms. The average molecular weight is 362 g/mol. The topological polar surface area (TPSA) is 74.2 Å². The van der Waals surface area contributed by atoms with E-state index >= 15 is 0 Å². The van der Waals surface area contributed by atoms with E-state index in [-0.39, 0.29) is 17.9 Å². The first-order valence-electron chi connectivity index (χ1n) is 9.09. The molecule has 1 aromatic carbocycles. The van der Waals surface area contributed by atoms with Crippen LogP contribution in [0.2, 0.25) is 0 Å². The van der Waals surface area contributed by atoms with Crippen LogP contribution in [0.5, 0.6) is 0 Å². The summed E-state index contributed by atoms with van der Waals surface area (Å²) in [6.07, 6.45) is 1.84. The number of nitrogens with zero attached hydrogens (tertiary/aromatic N) is 1. The van der Waals surface area contributed by atoms with E-state index in [4.69, 9.17) is 4.98 Å². The fraction of sp³-hybridized carbons (Fsp3) is 0.579. The molecular weight excluding hydrogens is 334 g/mol. The molecule has 136 valence electrons. The van der Waals surface area contributed by atoms with Gasteiger partial charge in [-0.25, -0.2) is 4.98 Å². The summed E-state index contributed by atoms with van der Waals surface area (Å²) in [5, 5.41) is 17.2. The summed E-state index contributed by atoms with van der Waals surface area (Å²) in [4.78, 5) is 17.7. The molecule has 1 aliphatic rings. The Labute approximate surface area is 152 Å². The van der Waals surface area contributed by atoms with Crippen molar-refractivity contribution in [1.82, 2.24) is 15.6 Å². The van der Waals surface area contributed by atoms with Gasteiger partial charge >= 0.3 is 0 Å². The Morgan fingerprint density at radius 3 is 2.76 bits per heavy atom. The van der Waals surface area contributed by atoms with Gasteiger partial charge in [0, 0.05) is 32.0 Å². The van der Waals surface area contributed by atoms with Crippen LogP contribution in [-0.4, -0.2) is 41.7 Å². The van der Waals surface area contributed by atoms with Crippen molar-refractivity contribution in [2.75, 3.05) is 19.6 Å². The molecular formula is C19H27N3O2S. The molecule has 3 N–H and O–H groups in total. The number of fused-ring (bicyclic) bond motifs is 1. The fourth-order valence-electron chi connectivity index (χ4n) is 3.53. The van der Waals surface area contributed by atoms with Gasteiger partial charge in [0.2, 0.25) is 5.91 Å². The van der Waals surface area contributed by atoms with Crippen LogP contribution in [0.4, 0.5) is 0 Å². The van der Waals surface area contributed by atoms with E-state index in [9.17, 15) is 9.90 Å². The van der Waals surface area contributed by atoms with Crippen LogP contribution in [0.1, 0.15) is 31.7 Å². The molecule has 3 rings (SSSR count). The van der Waals surface area contributed by atoms with Crippen molar-refractivity contribution in [3.63, 3.8) is 0 Å². The maximum Gasteiger partial charge on any atom is 0.226 e. The number of thiazole rings is 1. The Hall–Kier alpha value is -1.50. The van der Waals surface area contributed by atoms with E-state index in [2.05, 4.69) is 30.5 Å². The van der Waals surface area contributed by atoms with E-state index in [1.807, 2.05) is 18.2 Å². The van der Waals surface area contributed by atoms with Gasteiger partial charge in [0.25, 0.3) is 0 Å². The minimum Gasteiger partial charge on any atom is -0.391 e. The highest BCUT2D eigenvalue weighted by Crippen LogP contribution is 2.34. The lowest BCUT2D eigenvalue weighted by atomic mass is 9.78. The molecule has 1 fully saturated rings. The van der Waals surface area contributed by atoms with Gasteiger partial charge in [-0.3, -0.25) is 4.79 Å². The molecule has 2 atom stereocenters. The number of β-amino-alcohol motifs (C(OH)–C–C–N with tert-alkyl or cyclic N) is 1. The molecule has 1 saturated heterocycles. The van der Waals surface area contributed by atoms with Crippen molar-refractivity contribution >= 4 is 27.5 Å². The minimum atomic E-state index is -0.440. The van der Waals surface area contributed by atoms with E-state index in [0.717, 1.165) is 29.9 Å². The summed E-state index contributed by atoms with van der Waals surface area (Å²) in [5.74, 6) is 0.175. The summed E-state index contributed by atoms with van der Waals surface area (Å²) >= 11 is 1.67.